The lowest BCUT2D eigenvalue weighted by atomic mass is 10.0. The van der Waals surface area contributed by atoms with Crippen LogP contribution in [0.25, 0.3) is 0 Å². The molecule has 2 aliphatic heterocycles. The van der Waals surface area contributed by atoms with E-state index >= 15 is 0 Å². The zero-order valence-corrected chi connectivity index (χ0v) is 17.8. The number of rotatable bonds is 12. The molecule has 2 heterocycles. The standard InChI is InChI=1S/C21H28N4O7/c22-5-7-30-9-10-31-8-6-23-19(27)13-32-15-1-2-16-14(11-15)12-25(21(16)29)17-3-4-18(26)24-20(17)28/h1-2,11,17H,3-10,12-13,22H2,(H,23,27)(H,24,26,28). The van der Waals surface area contributed by atoms with Crippen LogP contribution in [0.2, 0.25) is 0 Å². The summed E-state index contributed by atoms with van der Waals surface area (Å²) in [6.07, 6.45) is 0.505. The first kappa shape index (κ1) is 23.6. The van der Waals surface area contributed by atoms with E-state index in [0.717, 1.165) is 0 Å². The Balaban J connectivity index is 1.41. The summed E-state index contributed by atoms with van der Waals surface area (Å²) < 4.78 is 16.0. The molecule has 0 aliphatic carbocycles. The normalized spacial score (nSPS) is 17.8. The van der Waals surface area contributed by atoms with Crippen molar-refractivity contribution in [3.8, 4) is 5.75 Å². The molecule has 11 nitrogen and oxygen atoms in total. The number of benzene rings is 1. The van der Waals surface area contributed by atoms with Gasteiger partial charge in [-0.1, -0.05) is 0 Å². The highest BCUT2D eigenvalue weighted by atomic mass is 16.5. The largest absolute Gasteiger partial charge is 0.484 e. The van der Waals surface area contributed by atoms with Crippen LogP contribution in [0.15, 0.2) is 18.2 Å². The fourth-order valence-electron chi connectivity index (χ4n) is 3.51. The number of hydrogen-bond donors (Lipinski definition) is 3. The fraction of sp³-hybridized carbons (Fsp3) is 0.524. The number of carbonyl (C=O) groups is 4. The number of nitrogens with one attached hydrogen (secondary N) is 2. The number of fused-ring (bicyclic) bond motifs is 1. The quantitative estimate of drug-likeness (QED) is 0.270. The summed E-state index contributed by atoms with van der Waals surface area (Å²) in [5.74, 6) is -0.887. The molecule has 1 aromatic rings. The average molecular weight is 448 g/mol. The molecule has 0 aromatic heterocycles. The first-order valence-corrected chi connectivity index (χ1v) is 10.5. The van der Waals surface area contributed by atoms with E-state index in [1.165, 1.54) is 4.90 Å². The van der Waals surface area contributed by atoms with E-state index in [0.29, 0.717) is 62.8 Å². The Labute approximate surface area is 185 Å². The number of nitrogens with zero attached hydrogens (tertiary/aromatic N) is 1. The molecule has 4 N–H and O–H groups in total. The van der Waals surface area contributed by atoms with Gasteiger partial charge in [-0.25, -0.2) is 0 Å². The summed E-state index contributed by atoms with van der Waals surface area (Å²) in [5.41, 5.74) is 6.50. The molecule has 174 valence electrons. The number of piperidine rings is 1. The number of ether oxygens (including phenoxy) is 3. The van der Waals surface area contributed by atoms with Gasteiger partial charge in [0.15, 0.2) is 6.61 Å². The summed E-state index contributed by atoms with van der Waals surface area (Å²) in [6.45, 7) is 2.61. The molecule has 0 saturated carbocycles. The van der Waals surface area contributed by atoms with Gasteiger partial charge in [0.25, 0.3) is 11.8 Å². The molecule has 1 fully saturated rings. The molecule has 32 heavy (non-hydrogen) atoms. The molecular formula is C21H28N4O7. The van der Waals surface area contributed by atoms with E-state index < -0.39 is 11.9 Å². The third-order valence-corrected chi connectivity index (χ3v) is 5.07. The minimum atomic E-state index is -0.669. The van der Waals surface area contributed by atoms with Gasteiger partial charge in [0.05, 0.1) is 26.4 Å². The molecule has 1 atom stereocenters. The van der Waals surface area contributed by atoms with Gasteiger partial charge in [-0.05, 0) is 30.2 Å². The maximum atomic E-state index is 12.7. The highest BCUT2D eigenvalue weighted by molar-refractivity contribution is 6.05. The lowest BCUT2D eigenvalue weighted by molar-refractivity contribution is -0.137. The predicted octanol–water partition coefficient (Wildman–Crippen LogP) is -1.07. The van der Waals surface area contributed by atoms with E-state index in [2.05, 4.69) is 10.6 Å². The number of hydrogen-bond acceptors (Lipinski definition) is 8. The Morgan fingerprint density at radius 2 is 1.94 bits per heavy atom. The van der Waals surface area contributed by atoms with Crippen LogP contribution in [0.3, 0.4) is 0 Å². The van der Waals surface area contributed by atoms with Crippen molar-refractivity contribution in [2.45, 2.75) is 25.4 Å². The van der Waals surface area contributed by atoms with Gasteiger partial charge in [0.2, 0.25) is 11.8 Å². The van der Waals surface area contributed by atoms with Crippen LogP contribution in [-0.2, 0) is 30.4 Å². The Hall–Kier alpha value is -3.02. The summed E-state index contributed by atoms with van der Waals surface area (Å²) in [5, 5.41) is 4.96. The van der Waals surface area contributed by atoms with Gasteiger partial charge in [-0.2, -0.15) is 0 Å². The van der Waals surface area contributed by atoms with Crippen molar-refractivity contribution in [2.24, 2.45) is 5.73 Å². The highest BCUT2D eigenvalue weighted by Crippen LogP contribution is 2.30. The molecule has 3 rings (SSSR count). The van der Waals surface area contributed by atoms with E-state index in [4.69, 9.17) is 19.9 Å². The SMILES string of the molecule is NCCOCCOCCNC(=O)COc1ccc2c(c1)CN(C1CCC(=O)NC1=O)C2=O. The maximum Gasteiger partial charge on any atom is 0.258 e. The van der Waals surface area contributed by atoms with Gasteiger partial charge in [-0.15, -0.1) is 0 Å². The van der Waals surface area contributed by atoms with Crippen molar-refractivity contribution in [2.75, 3.05) is 46.1 Å². The number of carbonyl (C=O) groups excluding carboxylic acids is 4. The Morgan fingerprint density at radius 3 is 2.69 bits per heavy atom. The number of amides is 4. The summed E-state index contributed by atoms with van der Waals surface area (Å²) in [4.78, 5) is 49.5. The Kier molecular flexibility index (Phi) is 8.54. The lowest BCUT2D eigenvalue weighted by Crippen LogP contribution is -2.52. The molecule has 1 aromatic carbocycles. The van der Waals surface area contributed by atoms with Crippen molar-refractivity contribution in [3.05, 3.63) is 29.3 Å². The van der Waals surface area contributed by atoms with Crippen molar-refractivity contribution < 1.29 is 33.4 Å². The fourth-order valence-corrected chi connectivity index (χ4v) is 3.51. The van der Waals surface area contributed by atoms with Crippen molar-refractivity contribution in [1.82, 2.24) is 15.5 Å². The predicted molar refractivity (Wildman–Crippen MR) is 112 cm³/mol. The first-order valence-electron chi connectivity index (χ1n) is 10.5. The van der Waals surface area contributed by atoms with E-state index in [1.54, 1.807) is 18.2 Å². The van der Waals surface area contributed by atoms with Crippen molar-refractivity contribution in [3.63, 3.8) is 0 Å². The van der Waals surface area contributed by atoms with Gasteiger partial charge in [-0.3, -0.25) is 24.5 Å². The minimum absolute atomic E-state index is 0.177. The molecule has 1 saturated heterocycles. The van der Waals surface area contributed by atoms with Crippen LogP contribution in [0.5, 0.6) is 5.75 Å². The molecular weight excluding hydrogens is 420 g/mol. The van der Waals surface area contributed by atoms with Crippen molar-refractivity contribution >= 4 is 23.6 Å². The van der Waals surface area contributed by atoms with Crippen LogP contribution >= 0.6 is 0 Å². The Bertz CT molecular complexity index is 861. The van der Waals surface area contributed by atoms with Crippen molar-refractivity contribution in [1.29, 1.82) is 0 Å². The molecule has 2 aliphatic rings. The van der Waals surface area contributed by atoms with E-state index in [-0.39, 0.29) is 37.3 Å². The molecule has 0 bridgehead atoms. The smallest absolute Gasteiger partial charge is 0.258 e. The van der Waals surface area contributed by atoms with Gasteiger partial charge < -0.3 is 30.2 Å². The zero-order valence-electron chi connectivity index (χ0n) is 17.8. The zero-order chi connectivity index (χ0) is 22.9. The minimum Gasteiger partial charge on any atom is -0.484 e. The first-order chi connectivity index (χ1) is 15.5. The molecule has 11 heteroatoms. The Morgan fingerprint density at radius 1 is 1.16 bits per heavy atom. The third kappa shape index (κ3) is 6.25. The average Bonchev–Trinajstić information content (AvgIpc) is 3.09. The molecule has 4 amide bonds. The lowest BCUT2D eigenvalue weighted by Gasteiger charge is -2.29. The summed E-state index contributed by atoms with van der Waals surface area (Å²) >= 11 is 0. The van der Waals surface area contributed by atoms with Gasteiger partial charge in [0, 0.05) is 31.6 Å². The summed E-state index contributed by atoms with van der Waals surface area (Å²) in [6, 6.07) is 4.26. The van der Waals surface area contributed by atoms with E-state index in [9.17, 15) is 19.2 Å². The van der Waals surface area contributed by atoms with E-state index in [1.807, 2.05) is 0 Å². The molecule has 1 unspecified atom stereocenters. The van der Waals surface area contributed by atoms with Crippen LogP contribution < -0.4 is 21.1 Å². The van der Waals surface area contributed by atoms with Crippen LogP contribution in [-0.4, -0.2) is 80.7 Å². The monoisotopic (exact) mass is 448 g/mol. The van der Waals surface area contributed by atoms with Crippen LogP contribution in [0.1, 0.15) is 28.8 Å². The maximum absolute atomic E-state index is 12.7. The van der Waals surface area contributed by atoms with Crippen LogP contribution in [0.4, 0.5) is 0 Å². The highest BCUT2D eigenvalue weighted by Gasteiger charge is 2.39. The topological polar surface area (TPSA) is 149 Å². The van der Waals surface area contributed by atoms with Gasteiger partial charge >= 0.3 is 0 Å². The third-order valence-electron chi connectivity index (χ3n) is 5.07. The second-order valence-corrected chi connectivity index (χ2v) is 7.37. The number of nitrogens with two attached hydrogens (primary N) is 1. The molecule has 0 radical (unpaired) electrons. The second kappa shape index (κ2) is 11.6. The number of imide groups is 1. The summed E-state index contributed by atoms with van der Waals surface area (Å²) in [7, 11) is 0. The van der Waals surface area contributed by atoms with Gasteiger partial charge in [0.1, 0.15) is 11.8 Å². The molecule has 0 spiro atoms. The second-order valence-electron chi connectivity index (χ2n) is 7.37. The van der Waals surface area contributed by atoms with Crippen LogP contribution in [0, 0.1) is 0 Å².